The van der Waals surface area contributed by atoms with Crippen molar-refractivity contribution in [3.8, 4) is 0 Å². The molecule has 1 N–H and O–H groups in total. The van der Waals surface area contributed by atoms with Crippen molar-refractivity contribution in [1.29, 1.82) is 0 Å². The molecule has 0 unspecified atom stereocenters. The Morgan fingerprint density at radius 2 is 2.03 bits per heavy atom. The fraction of sp³-hybridized carbons (Fsp3) is 0.458. The molecular weight excluding hydrogens is 484 g/mol. The number of ether oxygens (including phenoxy) is 1. The number of nitrogens with one attached hydrogen (secondary N) is 1. The first-order valence-corrected chi connectivity index (χ1v) is 12.4. The number of fused-ring (bicyclic) bond motifs is 1. The Balaban J connectivity index is 1.33. The lowest BCUT2D eigenvalue weighted by atomic mass is 10.1. The minimum Gasteiger partial charge on any atom is -0.465 e. The number of hydrogen-bond donors (Lipinski definition) is 1. The first kappa shape index (κ1) is 22.2. The highest BCUT2D eigenvalue weighted by molar-refractivity contribution is 9.10. The summed E-state index contributed by atoms with van der Waals surface area (Å²) in [6.45, 7) is 6.70. The van der Waals surface area contributed by atoms with E-state index >= 15 is 0 Å². The van der Waals surface area contributed by atoms with E-state index in [0.29, 0.717) is 25.6 Å². The summed E-state index contributed by atoms with van der Waals surface area (Å²) in [7, 11) is 0. The van der Waals surface area contributed by atoms with Gasteiger partial charge in [-0.1, -0.05) is 0 Å². The fourth-order valence-electron chi connectivity index (χ4n) is 4.35. The van der Waals surface area contributed by atoms with E-state index in [-0.39, 0.29) is 5.97 Å². The van der Waals surface area contributed by atoms with Crippen molar-refractivity contribution in [2.24, 2.45) is 0 Å². The van der Waals surface area contributed by atoms with Gasteiger partial charge >= 0.3 is 5.97 Å². The van der Waals surface area contributed by atoms with Crippen molar-refractivity contribution in [3.05, 3.63) is 52.7 Å². The summed E-state index contributed by atoms with van der Waals surface area (Å²) in [4.78, 5) is 25.6. The molecule has 4 heterocycles. The zero-order valence-electron chi connectivity index (χ0n) is 18.8. The molecule has 0 spiro atoms. The molecule has 1 aliphatic heterocycles. The van der Waals surface area contributed by atoms with Gasteiger partial charge in [0.05, 0.1) is 31.1 Å². The maximum Gasteiger partial charge on any atom is 0.320 e. The Hall–Kier alpha value is -2.65. The summed E-state index contributed by atoms with van der Waals surface area (Å²) in [5.74, 6) is 0.520. The Morgan fingerprint density at radius 3 is 2.76 bits per heavy atom. The molecule has 33 heavy (non-hydrogen) atoms. The second-order valence-corrected chi connectivity index (χ2v) is 9.50. The van der Waals surface area contributed by atoms with Crippen molar-refractivity contribution in [1.82, 2.24) is 19.3 Å². The highest BCUT2D eigenvalue weighted by Gasteiger charge is 2.27. The smallest absolute Gasteiger partial charge is 0.320 e. The van der Waals surface area contributed by atoms with Crippen molar-refractivity contribution in [3.63, 3.8) is 0 Å². The van der Waals surface area contributed by atoms with Gasteiger partial charge in [0, 0.05) is 50.5 Å². The van der Waals surface area contributed by atoms with E-state index in [1.807, 2.05) is 19.1 Å². The van der Waals surface area contributed by atoms with Gasteiger partial charge in [-0.3, -0.25) is 9.69 Å². The van der Waals surface area contributed by atoms with E-state index in [1.165, 1.54) is 24.1 Å². The third-order valence-corrected chi connectivity index (χ3v) is 6.66. The molecule has 1 saturated carbocycles. The molecule has 2 fully saturated rings. The van der Waals surface area contributed by atoms with Crippen LogP contribution in [0.1, 0.15) is 36.9 Å². The van der Waals surface area contributed by atoms with Gasteiger partial charge in [-0.05, 0) is 65.4 Å². The topological polar surface area (TPSA) is 75.0 Å². The van der Waals surface area contributed by atoms with Crippen LogP contribution in [0.2, 0.25) is 0 Å². The average Bonchev–Trinajstić information content (AvgIpc) is 3.57. The summed E-state index contributed by atoms with van der Waals surface area (Å²) in [5.41, 5.74) is 5.57. The van der Waals surface area contributed by atoms with Crippen LogP contribution in [0.25, 0.3) is 5.65 Å². The molecule has 0 radical (unpaired) electrons. The number of nitrogens with zero attached hydrogens (tertiary/aromatic N) is 5. The number of carbonyl (C=O) groups excluding carboxylic acids is 1. The van der Waals surface area contributed by atoms with Crippen LogP contribution in [-0.4, -0.2) is 64.6 Å². The van der Waals surface area contributed by atoms with Gasteiger partial charge in [0.2, 0.25) is 0 Å². The van der Waals surface area contributed by atoms with Crippen molar-refractivity contribution in [2.45, 2.75) is 32.2 Å². The highest BCUT2D eigenvalue weighted by Crippen LogP contribution is 2.42. The third kappa shape index (κ3) is 5.30. The van der Waals surface area contributed by atoms with Crippen molar-refractivity contribution >= 4 is 38.9 Å². The minimum atomic E-state index is -0.143. The van der Waals surface area contributed by atoms with E-state index in [1.54, 1.807) is 6.20 Å². The molecule has 1 saturated heterocycles. The molecule has 174 valence electrons. The third-order valence-electron chi connectivity index (χ3n) is 6.22. The number of pyridine rings is 2. The number of halogens is 1. The lowest BCUT2D eigenvalue weighted by Crippen LogP contribution is -2.48. The maximum atomic E-state index is 11.8. The number of anilines is 2. The van der Waals surface area contributed by atoms with Crippen LogP contribution in [0.4, 0.5) is 11.4 Å². The summed E-state index contributed by atoms with van der Waals surface area (Å²) in [6.07, 6.45) is 8.67. The number of piperazine rings is 1. The first-order chi connectivity index (χ1) is 16.1. The first-order valence-electron chi connectivity index (χ1n) is 11.6. The van der Waals surface area contributed by atoms with Crippen LogP contribution in [0.3, 0.4) is 0 Å². The number of hydrogen-bond acceptors (Lipinski definition) is 7. The molecule has 0 atom stereocenters. The zero-order chi connectivity index (χ0) is 22.8. The Bertz CT molecular complexity index is 1140. The van der Waals surface area contributed by atoms with Crippen molar-refractivity contribution < 1.29 is 9.53 Å². The molecule has 3 aromatic rings. The van der Waals surface area contributed by atoms with E-state index in [0.717, 1.165) is 47.8 Å². The van der Waals surface area contributed by atoms with Crippen LogP contribution in [-0.2, 0) is 16.1 Å². The lowest BCUT2D eigenvalue weighted by molar-refractivity contribution is -0.144. The van der Waals surface area contributed by atoms with Gasteiger partial charge in [-0.15, -0.1) is 0 Å². The quantitative estimate of drug-likeness (QED) is 0.364. The number of aromatic nitrogens is 3. The average molecular weight is 513 g/mol. The molecule has 9 heteroatoms. The fourth-order valence-corrected chi connectivity index (χ4v) is 4.72. The summed E-state index contributed by atoms with van der Waals surface area (Å²) >= 11 is 3.42. The summed E-state index contributed by atoms with van der Waals surface area (Å²) in [5, 5.41) is 3.44. The molecule has 3 aromatic heterocycles. The van der Waals surface area contributed by atoms with Crippen LogP contribution < -0.4 is 10.2 Å². The predicted molar refractivity (Wildman–Crippen MR) is 132 cm³/mol. The molecule has 0 bridgehead atoms. The predicted octanol–water partition coefficient (Wildman–Crippen LogP) is 3.67. The lowest BCUT2D eigenvalue weighted by Gasteiger charge is -2.35. The monoisotopic (exact) mass is 512 g/mol. The van der Waals surface area contributed by atoms with Gasteiger partial charge < -0.3 is 19.4 Å². The van der Waals surface area contributed by atoms with Gasteiger partial charge in [0.1, 0.15) is 4.60 Å². The number of imidazole rings is 1. The van der Waals surface area contributed by atoms with Crippen LogP contribution >= 0.6 is 15.9 Å². The van der Waals surface area contributed by atoms with Crippen LogP contribution in [0.5, 0.6) is 0 Å². The molecule has 0 aromatic carbocycles. The van der Waals surface area contributed by atoms with Gasteiger partial charge in [0.25, 0.3) is 0 Å². The maximum absolute atomic E-state index is 11.8. The number of carbonyl (C=O) groups is 1. The zero-order valence-corrected chi connectivity index (χ0v) is 20.4. The summed E-state index contributed by atoms with van der Waals surface area (Å²) < 4.78 is 8.10. The molecule has 8 nitrogen and oxygen atoms in total. The number of rotatable bonds is 8. The molecule has 0 amide bonds. The van der Waals surface area contributed by atoms with E-state index in [4.69, 9.17) is 9.72 Å². The molecule has 1 aliphatic carbocycles. The Morgan fingerprint density at radius 1 is 1.21 bits per heavy atom. The Labute approximate surface area is 202 Å². The second-order valence-electron chi connectivity index (χ2n) is 8.69. The van der Waals surface area contributed by atoms with E-state index in [9.17, 15) is 4.79 Å². The molecular formula is C24H29BrN6O2. The van der Waals surface area contributed by atoms with E-state index in [2.05, 4.69) is 58.9 Å². The second kappa shape index (κ2) is 9.69. The van der Waals surface area contributed by atoms with Gasteiger partial charge in [0.15, 0.2) is 5.65 Å². The minimum absolute atomic E-state index is 0.143. The number of esters is 1. The highest BCUT2D eigenvalue weighted by atomic mass is 79.9. The molecule has 5 rings (SSSR count). The Kier molecular flexibility index (Phi) is 6.50. The standard InChI is InChI=1S/C24H29BrN6O2/c1-2-33-23(32)16-29-7-9-30(10-8-29)21-11-18(17-3-4-17)14-31-15-20(28-24(21)31)13-27-19-5-6-26-22(25)12-19/h5-6,11-12,14-15,17H,2-4,7-10,13,16H2,1H3,(H,26,27). The van der Waals surface area contributed by atoms with Crippen LogP contribution in [0.15, 0.2) is 41.4 Å². The van der Waals surface area contributed by atoms with Crippen molar-refractivity contribution in [2.75, 3.05) is 49.5 Å². The van der Waals surface area contributed by atoms with Gasteiger partial charge in [-0.25, -0.2) is 9.97 Å². The normalized spacial score (nSPS) is 16.8. The van der Waals surface area contributed by atoms with E-state index < -0.39 is 0 Å². The summed E-state index contributed by atoms with van der Waals surface area (Å²) in [6, 6.07) is 6.24. The molecule has 2 aliphatic rings. The largest absolute Gasteiger partial charge is 0.465 e. The van der Waals surface area contributed by atoms with Gasteiger partial charge in [-0.2, -0.15) is 0 Å². The SMILES string of the molecule is CCOC(=O)CN1CCN(c2cc(C3CC3)cn3cc(CNc4ccnc(Br)c4)nc23)CC1. The van der Waals surface area contributed by atoms with Crippen LogP contribution in [0, 0.1) is 0 Å².